The predicted molar refractivity (Wildman–Crippen MR) is 67.5 cm³/mol. The number of halogens is 1. The highest BCUT2D eigenvalue weighted by molar-refractivity contribution is 5.92. The molecule has 0 spiro atoms. The number of nitrogens with zero attached hydrogens (tertiary/aromatic N) is 1. The maximum Gasteiger partial charge on any atom is 0.339 e. The van der Waals surface area contributed by atoms with Crippen LogP contribution in [0, 0.1) is 0 Å². The van der Waals surface area contributed by atoms with Gasteiger partial charge in [-0.2, -0.15) is 0 Å². The molecule has 1 aliphatic rings. The Balaban J connectivity index is 2.24. The Hall–Kier alpha value is -2.15. The van der Waals surface area contributed by atoms with E-state index in [1.54, 1.807) is 6.07 Å². The molecule has 0 unspecified atom stereocenters. The number of carbonyl (C=O) groups is 2. The molecule has 2 heterocycles. The van der Waals surface area contributed by atoms with Gasteiger partial charge in [-0.15, -0.1) is 0 Å². The van der Waals surface area contributed by atoms with Gasteiger partial charge in [-0.1, -0.05) is 6.58 Å². The van der Waals surface area contributed by atoms with Crippen molar-refractivity contribution in [3.63, 3.8) is 0 Å². The first kappa shape index (κ1) is 14.3. The largest absolute Gasteiger partial charge is 0.465 e. The Morgan fingerprint density at radius 2 is 2.35 bits per heavy atom. The monoisotopic (exact) mass is 282 g/mol. The first-order valence-electron chi connectivity index (χ1n) is 6.04. The van der Waals surface area contributed by atoms with E-state index in [0.717, 1.165) is 0 Å². The molecule has 1 aliphatic heterocycles. The van der Waals surface area contributed by atoms with E-state index in [9.17, 15) is 14.0 Å². The summed E-state index contributed by atoms with van der Waals surface area (Å²) in [5.74, 6) is -2.38. The maximum absolute atomic E-state index is 12.6. The van der Waals surface area contributed by atoms with Gasteiger partial charge < -0.3 is 19.4 Å². The van der Waals surface area contributed by atoms with Crippen molar-refractivity contribution in [2.45, 2.75) is 19.7 Å². The average Bonchev–Trinajstić information content (AvgIpc) is 2.82. The fraction of sp³-hybridized carbons (Fsp3) is 0.385. The molecular formula is C13H15FN2O4. The molecule has 0 aliphatic carbocycles. The summed E-state index contributed by atoms with van der Waals surface area (Å²) in [6, 6.07) is 1.62. The lowest BCUT2D eigenvalue weighted by Crippen LogP contribution is -2.26. The first-order valence-corrected chi connectivity index (χ1v) is 6.04. The number of amides is 1. The van der Waals surface area contributed by atoms with Crippen LogP contribution in [-0.2, 0) is 34.0 Å². The second-order valence-corrected chi connectivity index (χ2v) is 4.28. The lowest BCUT2D eigenvalue weighted by molar-refractivity contribution is -0.119. The van der Waals surface area contributed by atoms with Crippen molar-refractivity contribution in [3.05, 3.63) is 35.4 Å². The third-order valence-electron chi connectivity index (χ3n) is 3.07. The number of ether oxygens (including phenoxy) is 2. The number of hydrogen-bond donors (Lipinski definition) is 1. The van der Waals surface area contributed by atoms with Crippen LogP contribution in [0.15, 0.2) is 18.5 Å². The minimum Gasteiger partial charge on any atom is -0.465 e. The summed E-state index contributed by atoms with van der Waals surface area (Å²) in [6.45, 7) is 4.40. The highest BCUT2D eigenvalue weighted by Crippen LogP contribution is 2.21. The van der Waals surface area contributed by atoms with E-state index in [0.29, 0.717) is 36.7 Å². The molecule has 20 heavy (non-hydrogen) atoms. The summed E-state index contributed by atoms with van der Waals surface area (Å²) in [7, 11) is 1.30. The number of fused-ring (bicyclic) bond motifs is 1. The number of rotatable bonds is 4. The smallest absolute Gasteiger partial charge is 0.339 e. The highest BCUT2D eigenvalue weighted by atomic mass is 19.1. The zero-order valence-corrected chi connectivity index (χ0v) is 11.1. The summed E-state index contributed by atoms with van der Waals surface area (Å²) in [4.78, 5) is 22.9. The summed E-state index contributed by atoms with van der Waals surface area (Å²) < 4.78 is 24.5. The van der Waals surface area contributed by atoms with E-state index in [1.807, 2.05) is 4.57 Å². The highest BCUT2D eigenvalue weighted by Gasteiger charge is 2.23. The molecule has 0 saturated heterocycles. The normalized spacial score (nSPS) is 13.5. The number of nitrogens with one attached hydrogen (secondary N) is 1. The third kappa shape index (κ3) is 2.72. The fourth-order valence-electron chi connectivity index (χ4n) is 2.11. The van der Waals surface area contributed by atoms with Crippen molar-refractivity contribution in [1.29, 1.82) is 0 Å². The van der Waals surface area contributed by atoms with Crippen molar-refractivity contribution in [1.82, 2.24) is 9.88 Å². The molecule has 6 nitrogen and oxygen atoms in total. The summed E-state index contributed by atoms with van der Waals surface area (Å²) >= 11 is 0. The van der Waals surface area contributed by atoms with Crippen LogP contribution in [0.2, 0.25) is 0 Å². The molecule has 1 N–H and O–H groups in total. The van der Waals surface area contributed by atoms with E-state index in [2.05, 4.69) is 11.9 Å². The molecule has 0 fully saturated rings. The van der Waals surface area contributed by atoms with Gasteiger partial charge in [0.05, 0.1) is 38.1 Å². The number of hydrogen-bond acceptors (Lipinski definition) is 4. The Morgan fingerprint density at radius 1 is 1.60 bits per heavy atom. The molecule has 0 atom stereocenters. The van der Waals surface area contributed by atoms with Gasteiger partial charge in [0.25, 0.3) is 5.91 Å². The number of methoxy groups -OCH3 is 1. The van der Waals surface area contributed by atoms with Crippen LogP contribution < -0.4 is 5.32 Å². The van der Waals surface area contributed by atoms with Crippen molar-refractivity contribution >= 4 is 11.9 Å². The van der Waals surface area contributed by atoms with Gasteiger partial charge >= 0.3 is 5.97 Å². The van der Waals surface area contributed by atoms with Crippen LogP contribution in [0.25, 0.3) is 0 Å². The van der Waals surface area contributed by atoms with E-state index >= 15 is 0 Å². The zero-order valence-electron chi connectivity index (χ0n) is 11.1. The first-order chi connectivity index (χ1) is 9.54. The molecule has 1 amide bonds. The Bertz CT molecular complexity index is 565. The van der Waals surface area contributed by atoms with Gasteiger partial charge in [0.15, 0.2) is 5.83 Å². The fourth-order valence-corrected chi connectivity index (χ4v) is 2.11. The molecule has 7 heteroatoms. The lowest BCUT2D eigenvalue weighted by Gasteiger charge is -2.19. The molecular weight excluding hydrogens is 267 g/mol. The maximum atomic E-state index is 12.6. The topological polar surface area (TPSA) is 69.6 Å². The molecule has 0 radical (unpaired) electrons. The summed E-state index contributed by atoms with van der Waals surface area (Å²) in [6.07, 6.45) is 0. The van der Waals surface area contributed by atoms with Crippen molar-refractivity contribution in [2.75, 3.05) is 13.7 Å². The Kier molecular flexibility index (Phi) is 4.19. The van der Waals surface area contributed by atoms with Crippen LogP contribution in [0.1, 0.15) is 21.7 Å². The molecule has 108 valence electrons. The summed E-state index contributed by atoms with van der Waals surface area (Å²) in [5, 5.41) is 2.39. The van der Waals surface area contributed by atoms with Crippen LogP contribution >= 0.6 is 0 Å². The SMILES string of the molecule is C=C(F)C(=O)NCc1cc(C(=O)OC)c2n1CCOC2. The van der Waals surface area contributed by atoms with E-state index in [1.165, 1.54) is 7.11 Å². The van der Waals surface area contributed by atoms with Gasteiger partial charge in [0, 0.05) is 12.2 Å². The molecule has 0 aromatic carbocycles. The van der Waals surface area contributed by atoms with Crippen molar-refractivity contribution in [2.24, 2.45) is 0 Å². The predicted octanol–water partition coefficient (Wildman–Crippen LogP) is 0.904. The van der Waals surface area contributed by atoms with Gasteiger partial charge in [-0.3, -0.25) is 4.79 Å². The van der Waals surface area contributed by atoms with Gasteiger partial charge in [0.1, 0.15) is 0 Å². The number of carbonyl (C=O) groups excluding carboxylic acids is 2. The van der Waals surface area contributed by atoms with Gasteiger partial charge in [-0.05, 0) is 6.07 Å². The summed E-state index contributed by atoms with van der Waals surface area (Å²) in [5.41, 5.74) is 1.79. The molecule has 0 bridgehead atoms. The van der Waals surface area contributed by atoms with Crippen LogP contribution in [0.5, 0.6) is 0 Å². The lowest BCUT2D eigenvalue weighted by atomic mass is 10.2. The third-order valence-corrected chi connectivity index (χ3v) is 3.07. The van der Waals surface area contributed by atoms with E-state index in [4.69, 9.17) is 9.47 Å². The molecule has 0 saturated carbocycles. The van der Waals surface area contributed by atoms with E-state index in [-0.39, 0.29) is 6.54 Å². The van der Waals surface area contributed by atoms with Crippen LogP contribution in [0.3, 0.4) is 0 Å². The van der Waals surface area contributed by atoms with Crippen LogP contribution in [-0.4, -0.2) is 30.2 Å². The van der Waals surface area contributed by atoms with Crippen LogP contribution in [0.4, 0.5) is 4.39 Å². The van der Waals surface area contributed by atoms with E-state index < -0.39 is 17.7 Å². The second-order valence-electron chi connectivity index (χ2n) is 4.28. The van der Waals surface area contributed by atoms with Gasteiger partial charge in [-0.25, -0.2) is 9.18 Å². The molecule has 1 aromatic rings. The minimum absolute atomic E-state index is 0.103. The zero-order chi connectivity index (χ0) is 14.7. The minimum atomic E-state index is -1.05. The standard InChI is InChI=1S/C13H15FN2O4/c1-8(14)12(17)15-6-9-5-10(13(18)19-2)11-7-20-4-3-16(9)11/h5H,1,3-4,6-7H2,2H3,(H,15,17). The number of aromatic nitrogens is 1. The average molecular weight is 282 g/mol. The molecule has 1 aromatic heterocycles. The molecule has 2 rings (SSSR count). The quantitative estimate of drug-likeness (QED) is 0.658. The van der Waals surface area contributed by atoms with Gasteiger partial charge in [0.2, 0.25) is 0 Å². The van der Waals surface area contributed by atoms with Crippen molar-refractivity contribution in [3.8, 4) is 0 Å². The van der Waals surface area contributed by atoms with Crippen molar-refractivity contribution < 1.29 is 23.5 Å². The Morgan fingerprint density at radius 3 is 3.00 bits per heavy atom. The second kappa shape index (κ2) is 5.87. The Labute approximate surface area is 115 Å². The number of esters is 1.